The first kappa shape index (κ1) is 18.4. The van der Waals surface area contributed by atoms with Crippen LogP contribution in [0.15, 0.2) is 21.0 Å². The van der Waals surface area contributed by atoms with E-state index in [9.17, 15) is 14.4 Å². The summed E-state index contributed by atoms with van der Waals surface area (Å²) in [6, 6.07) is 1.71. The van der Waals surface area contributed by atoms with Crippen molar-refractivity contribution in [3.63, 3.8) is 0 Å². The molecule has 0 saturated heterocycles. The number of aromatic nitrogens is 4. The standard InChI is InChI=1S/C17H23N5O3S/c1-10(2)5-7-20-15(24)14-12(6-8-26-14)22-16(20)19-21(17(22)25)9-13(23)18-11(3)4/h6,8,10-11H,5,7,9H2,1-4H3,(H,18,23). The molecule has 1 amide bonds. The maximum atomic E-state index is 12.8. The summed E-state index contributed by atoms with van der Waals surface area (Å²) in [4.78, 5) is 37.7. The Morgan fingerprint density at radius 1 is 1.27 bits per heavy atom. The molecular weight excluding hydrogens is 354 g/mol. The second-order valence-electron chi connectivity index (χ2n) is 7.07. The molecule has 8 nitrogen and oxygen atoms in total. The molecule has 9 heteroatoms. The van der Waals surface area contributed by atoms with Crippen molar-refractivity contribution in [3.8, 4) is 0 Å². The number of nitrogens with one attached hydrogen (secondary N) is 1. The van der Waals surface area contributed by atoms with Crippen LogP contribution in [0.4, 0.5) is 0 Å². The van der Waals surface area contributed by atoms with E-state index < -0.39 is 5.69 Å². The van der Waals surface area contributed by atoms with E-state index in [1.165, 1.54) is 20.3 Å². The first-order valence-electron chi connectivity index (χ1n) is 8.68. The summed E-state index contributed by atoms with van der Waals surface area (Å²) >= 11 is 1.31. The first-order valence-corrected chi connectivity index (χ1v) is 9.56. The first-order chi connectivity index (χ1) is 12.3. The zero-order valence-corrected chi connectivity index (χ0v) is 16.2. The van der Waals surface area contributed by atoms with Gasteiger partial charge in [-0.1, -0.05) is 13.8 Å². The monoisotopic (exact) mass is 377 g/mol. The Balaban J connectivity index is 2.18. The molecule has 0 atom stereocenters. The van der Waals surface area contributed by atoms with E-state index in [4.69, 9.17) is 0 Å². The van der Waals surface area contributed by atoms with Crippen LogP contribution in [-0.4, -0.2) is 30.7 Å². The van der Waals surface area contributed by atoms with E-state index in [2.05, 4.69) is 24.3 Å². The third-order valence-corrected chi connectivity index (χ3v) is 4.95. The minimum absolute atomic E-state index is 0.0250. The Bertz CT molecular complexity index is 1070. The van der Waals surface area contributed by atoms with Crippen molar-refractivity contribution in [1.29, 1.82) is 0 Å². The minimum atomic E-state index is -0.416. The van der Waals surface area contributed by atoms with Crippen LogP contribution in [0.25, 0.3) is 16.0 Å². The molecule has 3 heterocycles. The van der Waals surface area contributed by atoms with E-state index in [0.717, 1.165) is 11.1 Å². The summed E-state index contributed by atoms with van der Waals surface area (Å²) < 4.78 is 4.61. The lowest BCUT2D eigenvalue weighted by molar-refractivity contribution is -0.122. The summed E-state index contributed by atoms with van der Waals surface area (Å²) in [6.07, 6.45) is 0.793. The van der Waals surface area contributed by atoms with Gasteiger partial charge in [0.2, 0.25) is 11.7 Å². The maximum Gasteiger partial charge on any atom is 0.352 e. The highest BCUT2D eigenvalue weighted by Crippen LogP contribution is 2.17. The largest absolute Gasteiger partial charge is 0.352 e. The number of nitrogens with zero attached hydrogens (tertiary/aromatic N) is 4. The van der Waals surface area contributed by atoms with Crippen molar-refractivity contribution in [2.45, 2.75) is 53.2 Å². The Hall–Kier alpha value is -2.42. The Kier molecular flexibility index (Phi) is 4.99. The third kappa shape index (κ3) is 3.31. The van der Waals surface area contributed by atoms with Gasteiger partial charge in [-0.3, -0.25) is 14.2 Å². The molecule has 140 valence electrons. The lowest BCUT2D eigenvalue weighted by Gasteiger charge is -2.09. The quantitative estimate of drug-likeness (QED) is 0.704. The second kappa shape index (κ2) is 7.06. The zero-order chi connectivity index (χ0) is 19.0. The molecule has 26 heavy (non-hydrogen) atoms. The summed E-state index contributed by atoms with van der Waals surface area (Å²) in [7, 11) is 0. The highest BCUT2D eigenvalue weighted by atomic mass is 32.1. The lowest BCUT2D eigenvalue weighted by Crippen LogP contribution is -2.36. The molecule has 3 aromatic rings. The van der Waals surface area contributed by atoms with Gasteiger partial charge in [0.25, 0.3) is 5.56 Å². The fourth-order valence-electron chi connectivity index (χ4n) is 2.83. The highest BCUT2D eigenvalue weighted by molar-refractivity contribution is 7.17. The number of carbonyl (C=O) groups is 1. The van der Waals surface area contributed by atoms with Crippen molar-refractivity contribution >= 4 is 33.2 Å². The van der Waals surface area contributed by atoms with Gasteiger partial charge >= 0.3 is 5.69 Å². The molecule has 0 unspecified atom stereocenters. The van der Waals surface area contributed by atoms with Crippen LogP contribution in [0.3, 0.4) is 0 Å². The highest BCUT2D eigenvalue weighted by Gasteiger charge is 2.19. The van der Waals surface area contributed by atoms with Gasteiger partial charge in [0.15, 0.2) is 0 Å². The predicted octanol–water partition coefficient (Wildman–Crippen LogP) is 1.44. The summed E-state index contributed by atoms with van der Waals surface area (Å²) in [5.41, 5.74) is -0.0242. The van der Waals surface area contributed by atoms with Gasteiger partial charge in [0.1, 0.15) is 11.2 Å². The zero-order valence-electron chi connectivity index (χ0n) is 15.4. The molecule has 0 saturated carbocycles. The molecule has 3 aromatic heterocycles. The number of hydrogen-bond donors (Lipinski definition) is 1. The molecule has 0 fully saturated rings. The molecule has 0 aromatic carbocycles. The normalized spacial score (nSPS) is 11.9. The maximum absolute atomic E-state index is 12.8. The third-order valence-electron chi connectivity index (χ3n) is 4.06. The van der Waals surface area contributed by atoms with Gasteiger partial charge < -0.3 is 5.32 Å². The number of hydrogen-bond acceptors (Lipinski definition) is 5. The number of aryl methyl sites for hydroxylation is 1. The topological polar surface area (TPSA) is 90.4 Å². The van der Waals surface area contributed by atoms with Crippen LogP contribution in [0.1, 0.15) is 34.1 Å². The average Bonchev–Trinajstić information content (AvgIpc) is 3.12. The Labute approximate surface area is 154 Å². The van der Waals surface area contributed by atoms with Gasteiger partial charge in [-0.15, -0.1) is 16.4 Å². The van der Waals surface area contributed by atoms with Gasteiger partial charge in [0, 0.05) is 12.6 Å². The molecule has 1 N–H and O–H groups in total. The van der Waals surface area contributed by atoms with Crippen LogP contribution in [-0.2, 0) is 17.9 Å². The molecule has 0 spiro atoms. The average molecular weight is 377 g/mol. The second-order valence-corrected chi connectivity index (χ2v) is 7.99. The van der Waals surface area contributed by atoms with Crippen LogP contribution >= 0.6 is 11.3 Å². The fraction of sp³-hybridized carbons (Fsp3) is 0.529. The predicted molar refractivity (Wildman–Crippen MR) is 102 cm³/mol. The summed E-state index contributed by atoms with van der Waals surface area (Å²) in [5.74, 6) is 0.402. The number of carbonyl (C=O) groups excluding carboxylic acids is 1. The van der Waals surface area contributed by atoms with Crippen LogP contribution in [0.5, 0.6) is 0 Å². The summed E-state index contributed by atoms with van der Waals surface area (Å²) in [6.45, 7) is 8.15. The van der Waals surface area contributed by atoms with Gasteiger partial charge in [-0.25, -0.2) is 13.9 Å². The van der Waals surface area contributed by atoms with Crippen molar-refractivity contribution < 1.29 is 4.79 Å². The minimum Gasteiger partial charge on any atom is -0.352 e. The van der Waals surface area contributed by atoms with E-state index in [0.29, 0.717) is 22.7 Å². The molecule has 3 rings (SSSR count). The van der Waals surface area contributed by atoms with Crippen LogP contribution in [0, 0.1) is 5.92 Å². The van der Waals surface area contributed by atoms with Gasteiger partial charge in [0.05, 0.1) is 5.52 Å². The fourth-order valence-corrected chi connectivity index (χ4v) is 3.65. The Morgan fingerprint density at radius 3 is 2.65 bits per heavy atom. The van der Waals surface area contributed by atoms with Gasteiger partial charge in [-0.2, -0.15) is 0 Å². The van der Waals surface area contributed by atoms with E-state index >= 15 is 0 Å². The van der Waals surface area contributed by atoms with Crippen molar-refractivity contribution in [2.24, 2.45) is 5.92 Å². The lowest BCUT2D eigenvalue weighted by atomic mass is 10.1. The number of amides is 1. The van der Waals surface area contributed by atoms with Crippen molar-refractivity contribution in [3.05, 3.63) is 32.3 Å². The smallest absolute Gasteiger partial charge is 0.352 e. The molecule has 0 aliphatic heterocycles. The van der Waals surface area contributed by atoms with Crippen molar-refractivity contribution in [2.75, 3.05) is 0 Å². The van der Waals surface area contributed by atoms with E-state index in [1.807, 2.05) is 13.8 Å². The number of thiophene rings is 1. The molecule has 0 aliphatic carbocycles. The summed E-state index contributed by atoms with van der Waals surface area (Å²) in [5, 5.41) is 8.83. The van der Waals surface area contributed by atoms with E-state index in [1.54, 1.807) is 11.4 Å². The molecule has 0 bridgehead atoms. The van der Waals surface area contributed by atoms with Crippen LogP contribution < -0.4 is 16.6 Å². The number of fused-ring (bicyclic) bond motifs is 3. The molecule has 0 aliphatic rings. The van der Waals surface area contributed by atoms with E-state index in [-0.39, 0.29) is 29.8 Å². The molecule has 0 radical (unpaired) electrons. The molecular formula is C17H23N5O3S. The Morgan fingerprint density at radius 2 is 2.00 bits per heavy atom. The van der Waals surface area contributed by atoms with Crippen molar-refractivity contribution in [1.82, 2.24) is 24.1 Å². The number of rotatable bonds is 6. The van der Waals surface area contributed by atoms with Crippen LogP contribution in [0.2, 0.25) is 0 Å². The SMILES string of the molecule is CC(C)CCn1c(=O)c2sccc2n2c(=O)n(CC(=O)NC(C)C)nc12. The van der Waals surface area contributed by atoms with Gasteiger partial charge in [-0.05, 0) is 37.6 Å².